The van der Waals surface area contributed by atoms with Crippen molar-refractivity contribution >= 4 is 45.6 Å². The molecule has 0 aliphatic carbocycles. The summed E-state index contributed by atoms with van der Waals surface area (Å²) in [6, 6.07) is 8.83. The highest BCUT2D eigenvalue weighted by Gasteiger charge is 2.09. The van der Waals surface area contributed by atoms with E-state index in [1.165, 1.54) is 11.3 Å². The fourth-order valence-corrected chi connectivity index (χ4v) is 3.13. The van der Waals surface area contributed by atoms with Crippen molar-refractivity contribution in [3.8, 4) is 0 Å². The van der Waals surface area contributed by atoms with Gasteiger partial charge in [-0.25, -0.2) is 4.98 Å². The van der Waals surface area contributed by atoms with E-state index in [1.54, 1.807) is 36.8 Å². The fourth-order valence-electron chi connectivity index (χ4n) is 1.97. The third-order valence-corrected chi connectivity index (χ3v) is 4.73. The Labute approximate surface area is 147 Å². The van der Waals surface area contributed by atoms with Crippen LogP contribution in [0.2, 0.25) is 10.0 Å². The lowest BCUT2D eigenvalue weighted by Crippen LogP contribution is -2.11. The summed E-state index contributed by atoms with van der Waals surface area (Å²) < 4.78 is 0. The molecule has 0 bridgehead atoms. The number of aromatic nitrogens is 2. The number of benzene rings is 1. The second kappa shape index (κ2) is 7.08. The summed E-state index contributed by atoms with van der Waals surface area (Å²) in [5.74, 6) is -0.206. The molecule has 3 aromatic rings. The number of pyridine rings is 1. The van der Waals surface area contributed by atoms with Gasteiger partial charge in [-0.15, -0.1) is 11.3 Å². The Kier molecular flexibility index (Phi) is 4.91. The molecule has 0 aliphatic heterocycles. The van der Waals surface area contributed by atoms with Crippen molar-refractivity contribution < 1.29 is 4.79 Å². The number of carbonyl (C=O) groups is 1. The summed E-state index contributed by atoms with van der Waals surface area (Å²) in [5, 5.41) is 4.40. The molecule has 2 heterocycles. The summed E-state index contributed by atoms with van der Waals surface area (Å²) in [6.45, 7) is 0. The number of amides is 1. The normalized spacial score (nSPS) is 10.5. The first kappa shape index (κ1) is 15.9. The minimum atomic E-state index is -0.206. The Hall–Kier alpha value is -1.95. The Morgan fingerprint density at radius 2 is 1.91 bits per heavy atom. The maximum absolute atomic E-state index is 12.1. The van der Waals surface area contributed by atoms with E-state index < -0.39 is 0 Å². The molecule has 0 saturated heterocycles. The van der Waals surface area contributed by atoms with Crippen molar-refractivity contribution in [2.75, 3.05) is 5.32 Å². The zero-order chi connectivity index (χ0) is 16.2. The third kappa shape index (κ3) is 4.07. The first-order chi connectivity index (χ1) is 11.1. The van der Waals surface area contributed by atoms with Gasteiger partial charge in [0.05, 0.1) is 10.0 Å². The number of nitrogens with one attached hydrogen (secondary N) is 1. The molecule has 7 heteroatoms. The summed E-state index contributed by atoms with van der Waals surface area (Å²) in [5.41, 5.74) is 1.58. The number of thiazole rings is 1. The molecule has 0 aliphatic rings. The number of halogens is 2. The van der Waals surface area contributed by atoms with E-state index in [2.05, 4.69) is 15.3 Å². The van der Waals surface area contributed by atoms with E-state index >= 15 is 0 Å². The molecule has 2 aromatic heterocycles. The van der Waals surface area contributed by atoms with E-state index in [1.807, 2.05) is 12.1 Å². The van der Waals surface area contributed by atoms with Crippen LogP contribution in [0.15, 0.2) is 48.9 Å². The van der Waals surface area contributed by atoms with E-state index in [0.29, 0.717) is 27.2 Å². The Balaban J connectivity index is 1.68. The molecular formula is C16H11Cl2N3OS. The Morgan fingerprint density at radius 1 is 1.13 bits per heavy atom. The second-order valence-electron chi connectivity index (χ2n) is 4.75. The van der Waals surface area contributed by atoms with E-state index in [9.17, 15) is 4.79 Å². The number of carbonyl (C=O) groups excluding carboxylic acids is 1. The van der Waals surface area contributed by atoms with Crippen molar-refractivity contribution in [1.82, 2.24) is 9.97 Å². The van der Waals surface area contributed by atoms with Crippen molar-refractivity contribution in [2.45, 2.75) is 6.42 Å². The van der Waals surface area contributed by atoms with Crippen LogP contribution in [0.3, 0.4) is 0 Å². The molecule has 0 fully saturated rings. The Bertz CT molecular complexity index is 836. The van der Waals surface area contributed by atoms with Gasteiger partial charge in [0.15, 0.2) is 5.13 Å². The fraction of sp³-hybridized carbons (Fsp3) is 0.0625. The maximum Gasteiger partial charge on any atom is 0.257 e. The van der Waals surface area contributed by atoms with Crippen molar-refractivity contribution in [1.29, 1.82) is 0 Å². The topological polar surface area (TPSA) is 54.9 Å². The molecule has 0 saturated carbocycles. The van der Waals surface area contributed by atoms with Gasteiger partial charge in [0.2, 0.25) is 0 Å². The lowest BCUT2D eigenvalue weighted by Gasteiger charge is -2.01. The van der Waals surface area contributed by atoms with Gasteiger partial charge in [-0.3, -0.25) is 15.1 Å². The Morgan fingerprint density at radius 3 is 2.65 bits per heavy atom. The van der Waals surface area contributed by atoms with Crippen LogP contribution >= 0.6 is 34.5 Å². The average Bonchev–Trinajstić information content (AvgIpc) is 2.99. The number of hydrogen-bond acceptors (Lipinski definition) is 4. The molecule has 1 N–H and O–H groups in total. The standard InChI is InChI=1S/C16H11Cl2N3OS/c17-13-2-1-10(8-14(13)18)7-12-9-20-16(23-12)21-15(22)11-3-5-19-6-4-11/h1-6,8-9H,7H2,(H,20,21,22). The van der Waals surface area contributed by atoms with Crippen LogP contribution in [0.4, 0.5) is 5.13 Å². The molecule has 0 radical (unpaired) electrons. The van der Waals surface area contributed by atoms with Gasteiger partial charge >= 0.3 is 0 Å². The van der Waals surface area contributed by atoms with E-state index in [0.717, 1.165) is 10.4 Å². The molecule has 1 amide bonds. The first-order valence-corrected chi connectivity index (χ1v) is 8.29. The van der Waals surface area contributed by atoms with E-state index in [4.69, 9.17) is 23.2 Å². The monoisotopic (exact) mass is 363 g/mol. The predicted molar refractivity (Wildman–Crippen MR) is 93.6 cm³/mol. The van der Waals surface area contributed by atoms with Crippen molar-refractivity contribution in [3.05, 3.63) is 75.0 Å². The zero-order valence-electron chi connectivity index (χ0n) is 11.8. The molecule has 23 heavy (non-hydrogen) atoms. The lowest BCUT2D eigenvalue weighted by atomic mass is 10.1. The van der Waals surface area contributed by atoms with Gasteiger partial charge in [0.25, 0.3) is 5.91 Å². The lowest BCUT2D eigenvalue weighted by molar-refractivity contribution is 0.102. The average molecular weight is 364 g/mol. The highest BCUT2D eigenvalue weighted by atomic mass is 35.5. The van der Waals surface area contributed by atoms with Gasteiger partial charge in [0, 0.05) is 35.5 Å². The SMILES string of the molecule is O=C(Nc1ncc(Cc2ccc(Cl)c(Cl)c2)s1)c1ccncc1. The molecular weight excluding hydrogens is 353 g/mol. The van der Waals surface area contributed by atoms with Gasteiger partial charge in [-0.05, 0) is 29.8 Å². The largest absolute Gasteiger partial charge is 0.298 e. The van der Waals surface area contributed by atoms with Crippen LogP contribution in [0.1, 0.15) is 20.8 Å². The number of anilines is 1. The number of rotatable bonds is 4. The highest BCUT2D eigenvalue weighted by molar-refractivity contribution is 7.15. The molecule has 3 rings (SSSR count). The third-order valence-electron chi connectivity index (χ3n) is 3.08. The van der Waals surface area contributed by atoms with Crippen LogP contribution in [-0.2, 0) is 6.42 Å². The van der Waals surface area contributed by atoms with Crippen LogP contribution < -0.4 is 5.32 Å². The minimum absolute atomic E-state index is 0.206. The molecule has 4 nitrogen and oxygen atoms in total. The quantitative estimate of drug-likeness (QED) is 0.731. The second-order valence-corrected chi connectivity index (χ2v) is 6.68. The highest BCUT2D eigenvalue weighted by Crippen LogP contribution is 2.26. The van der Waals surface area contributed by atoms with Crippen LogP contribution in [0.5, 0.6) is 0 Å². The van der Waals surface area contributed by atoms with Crippen LogP contribution in [0.25, 0.3) is 0 Å². The molecule has 1 aromatic carbocycles. The van der Waals surface area contributed by atoms with Gasteiger partial charge < -0.3 is 0 Å². The molecule has 0 unspecified atom stereocenters. The van der Waals surface area contributed by atoms with E-state index in [-0.39, 0.29) is 5.91 Å². The molecule has 0 atom stereocenters. The summed E-state index contributed by atoms with van der Waals surface area (Å²) in [4.78, 5) is 21.2. The van der Waals surface area contributed by atoms with Gasteiger partial charge in [-0.1, -0.05) is 29.3 Å². The molecule has 0 spiro atoms. The summed E-state index contributed by atoms with van der Waals surface area (Å²) in [7, 11) is 0. The molecule has 116 valence electrons. The summed E-state index contributed by atoms with van der Waals surface area (Å²) >= 11 is 13.4. The van der Waals surface area contributed by atoms with Gasteiger partial charge in [0.1, 0.15) is 0 Å². The smallest absolute Gasteiger partial charge is 0.257 e. The van der Waals surface area contributed by atoms with Crippen LogP contribution in [0, 0.1) is 0 Å². The predicted octanol–water partition coefficient (Wildman–Crippen LogP) is 4.69. The number of nitrogens with zero attached hydrogens (tertiary/aromatic N) is 2. The van der Waals surface area contributed by atoms with Crippen molar-refractivity contribution in [2.24, 2.45) is 0 Å². The number of hydrogen-bond donors (Lipinski definition) is 1. The maximum atomic E-state index is 12.1. The zero-order valence-corrected chi connectivity index (χ0v) is 14.1. The van der Waals surface area contributed by atoms with Gasteiger partial charge in [-0.2, -0.15) is 0 Å². The minimum Gasteiger partial charge on any atom is -0.298 e. The summed E-state index contributed by atoms with van der Waals surface area (Å²) in [6.07, 6.45) is 5.58. The first-order valence-electron chi connectivity index (χ1n) is 6.72. The van der Waals surface area contributed by atoms with Crippen LogP contribution in [-0.4, -0.2) is 15.9 Å². The van der Waals surface area contributed by atoms with Crippen molar-refractivity contribution in [3.63, 3.8) is 0 Å².